The van der Waals surface area contributed by atoms with E-state index in [-0.39, 0.29) is 5.41 Å². The maximum atomic E-state index is 4.74. The highest BCUT2D eigenvalue weighted by Gasteiger charge is 2.19. The normalized spacial score (nSPS) is 11.4. The molecule has 0 aliphatic rings. The third-order valence-electron chi connectivity index (χ3n) is 3.11. The Balaban J connectivity index is 2.58. The molecule has 0 spiro atoms. The van der Waals surface area contributed by atoms with E-state index in [1.54, 1.807) is 6.20 Å². The van der Waals surface area contributed by atoms with Gasteiger partial charge in [-0.15, -0.1) is 0 Å². The number of nitrogens with one attached hydrogen (secondary N) is 1. The van der Waals surface area contributed by atoms with Gasteiger partial charge in [0, 0.05) is 36.0 Å². The lowest BCUT2D eigenvalue weighted by Gasteiger charge is -2.20. The molecule has 0 aromatic carbocycles. The number of pyridine rings is 1. The highest BCUT2D eigenvalue weighted by atomic mass is 15.0. The van der Waals surface area contributed by atoms with Gasteiger partial charge in [-0.1, -0.05) is 20.8 Å². The fourth-order valence-electron chi connectivity index (χ4n) is 1.95. The summed E-state index contributed by atoms with van der Waals surface area (Å²) in [5.74, 6) is 1.63. The van der Waals surface area contributed by atoms with Crippen molar-refractivity contribution in [1.29, 1.82) is 0 Å². The molecule has 20 heavy (non-hydrogen) atoms. The Morgan fingerprint density at radius 2 is 1.95 bits per heavy atom. The van der Waals surface area contributed by atoms with Gasteiger partial charge < -0.3 is 5.32 Å². The smallest absolute Gasteiger partial charge is 0.162 e. The van der Waals surface area contributed by atoms with Crippen LogP contribution in [0.2, 0.25) is 0 Å². The van der Waals surface area contributed by atoms with Gasteiger partial charge in [-0.25, -0.2) is 9.97 Å². The molecule has 2 rings (SSSR count). The zero-order chi connectivity index (χ0) is 14.8. The molecule has 0 amide bonds. The van der Waals surface area contributed by atoms with Gasteiger partial charge >= 0.3 is 0 Å². The topological polar surface area (TPSA) is 50.7 Å². The average Bonchev–Trinajstić information content (AvgIpc) is 2.38. The summed E-state index contributed by atoms with van der Waals surface area (Å²) in [5.41, 5.74) is 3.14. The number of nitrogens with zero attached hydrogens (tertiary/aromatic N) is 3. The SMILES string of the molecule is CCNc1cc(C(C)(C)C)nc(-c2ccncc2C)n1. The molecule has 0 saturated heterocycles. The number of anilines is 1. The van der Waals surface area contributed by atoms with Crippen LogP contribution in [0.15, 0.2) is 24.5 Å². The predicted molar refractivity (Wildman–Crippen MR) is 82.9 cm³/mol. The van der Waals surface area contributed by atoms with Crippen LogP contribution in [0, 0.1) is 6.92 Å². The van der Waals surface area contributed by atoms with Crippen molar-refractivity contribution in [2.75, 3.05) is 11.9 Å². The summed E-state index contributed by atoms with van der Waals surface area (Å²) in [6, 6.07) is 4.00. The molecule has 0 radical (unpaired) electrons. The molecule has 0 atom stereocenters. The fraction of sp³-hybridized carbons (Fsp3) is 0.438. The van der Waals surface area contributed by atoms with E-state index in [4.69, 9.17) is 4.98 Å². The highest BCUT2D eigenvalue weighted by Crippen LogP contribution is 2.26. The molecular formula is C16H22N4. The molecule has 0 bridgehead atoms. The fourth-order valence-corrected chi connectivity index (χ4v) is 1.95. The number of rotatable bonds is 3. The number of aromatic nitrogens is 3. The number of hydrogen-bond acceptors (Lipinski definition) is 4. The van der Waals surface area contributed by atoms with Gasteiger partial charge in [0.1, 0.15) is 5.82 Å². The minimum absolute atomic E-state index is 0.0111. The van der Waals surface area contributed by atoms with Crippen LogP contribution in [0.25, 0.3) is 11.4 Å². The Labute approximate surface area is 120 Å². The van der Waals surface area contributed by atoms with E-state index in [0.29, 0.717) is 0 Å². The molecule has 4 heteroatoms. The van der Waals surface area contributed by atoms with Crippen LogP contribution in [-0.2, 0) is 5.41 Å². The van der Waals surface area contributed by atoms with Crippen LogP contribution in [-0.4, -0.2) is 21.5 Å². The first-order valence-electron chi connectivity index (χ1n) is 6.96. The second kappa shape index (κ2) is 5.57. The highest BCUT2D eigenvalue weighted by molar-refractivity contribution is 5.61. The molecule has 0 aliphatic carbocycles. The molecule has 4 nitrogen and oxygen atoms in total. The molecule has 2 heterocycles. The van der Waals surface area contributed by atoms with Gasteiger partial charge in [0.15, 0.2) is 5.82 Å². The lowest BCUT2D eigenvalue weighted by Crippen LogP contribution is -2.16. The summed E-state index contributed by atoms with van der Waals surface area (Å²) in [6.07, 6.45) is 3.62. The summed E-state index contributed by atoms with van der Waals surface area (Å²) in [7, 11) is 0. The Morgan fingerprint density at radius 3 is 2.55 bits per heavy atom. The third kappa shape index (κ3) is 3.13. The van der Waals surface area contributed by atoms with Crippen molar-refractivity contribution in [2.45, 2.75) is 40.0 Å². The summed E-state index contributed by atoms with van der Waals surface area (Å²) >= 11 is 0. The van der Waals surface area contributed by atoms with Crippen molar-refractivity contribution in [2.24, 2.45) is 0 Å². The minimum atomic E-state index is -0.0111. The molecule has 0 fully saturated rings. The van der Waals surface area contributed by atoms with Gasteiger partial charge in [-0.3, -0.25) is 4.98 Å². The maximum Gasteiger partial charge on any atom is 0.162 e. The van der Waals surface area contributed by atoms with Crippen LogP contribution in [0.5, 0.6) is 0 Å². The van der Waals surface area contributed by atoms with Crippen LogP contribution in [0.1, 0.15) is 39.0 Å². The van der Waals surface area contributed by atoms with Crippen molar-refractivity contribution in [3.8, 4) is 11.4 Å². The Hall–Kier alpha value is -1.97. The monoisotopic (exact) mass is 270 g/mol. The standard InChI is InChI=1S/C16H22N4/c1-6-18-14-9-13(16(3,4)5)19-15(20-14)12-7-8-17-10-11(12)2/h7-10H,6H2,1-5H3,(H,18,19,20). The van der Waals surface area contributed by atoms with Crippen molar-refractivity contribution in [3.05, 3.63) is 35.8 Å². The molecule has 2 aromatic heterocycles. The Kier molecular flexibility index (Phi) is 4.02. The summed E-state index contributed by atoms with van der Waals surface area (Å²) in [6.45, 7) is 11.4. The van der Waals surface area contributed by atoms with Crippen molar-refractivity contribution >= 4 is 5.82 Å². The maximum absolute atomic E-state index is 4.74. The van der Waals surface area contributed by atoms with Crippen LogP contribution in [0.3, 0.4) is 0 Å². The van der Waals surface area contributed by atoms with E-state index in [1.807, 2.05) is 25.3 Å². The predicted octanol–water partition coefficient (Wildman–Crippen LogP) is 3.58. The van der Waals surface area contributed by atoms with Gasteiger partial charge in [0.05, 0.1) is 5.69 Å². The average molecular weight is 270 g/mol. The number of hydrogen-bond donors (Lipinski definition) is 1. The van der Waals surface area contributed by atoms with E-state index in [9.17, 15) is 0 Å². The van der Waals surface area contributed by atoms with E-state index in [2.05, 4.69) is 43.0 Å². The third-order valence-corrected chi connectivity index (χ3v) is 3.11. The molecule has 0 aliphatic heterocycles. The van der Waals surface area contributed by atoms with Gasteiger partial charge in [0.25, 0.3) is 0 Å². The first kappa shape index (κ1) is 14.4. The zero-order valence-electron chi connectivity index (χ0n) is 12.9. The van der Waals surface area contributed by atoms with Crippen molar-refractivity contribution in [3.63, 3.8) is 0 Å². The lowest BCUT2D eigenvalue weighted by molar-refractivity contribution is 0.568. The minimum Gasteiger partial charge on any atom is -0.370 e. The molecule has 0 unspecified atom stereocenters. The molecule has 106 valence electrons. The second-order valence-corrected chi connectivity index (χ2v) is 5.93. The van der Waals surface area contributed by atoms with Crippen LogP contribution < -0.4 is 5.32 Å². The van der Waals surface area contributed by atoms with Crippen LogP contribution >= 0.6 is 0 Å². The molecule has 1 N–H and O–H groups in total. The Morgan fingerprint density at radius 1 is 1.20 bits per heavy atom. The van der Waals surface area contributed by atoms with E-state index < -0.39 is 0 Å². The van der Waals surface area contributed by atoms with Gasteiger partial charge in [-0.05, 0) is 25.5 Å². The summed E-state index contributed by atoms with van der Waals surface area (Å²) in [5, 5.41) is 3.28. The van der Waals surface area contributed by atoms with Gasteiger partial charge in [-0.2, -0.15) is 0 Å². The molecular weight excluding hydrogens is 248 g/mol. The summed E-state index contributed by atoms with van der Waals surface area (Å²) in [4.78, 5) is 13.5. The van der Waals surface area contributed by atoms with Crippen LogP contribution in [0.4, 0.5) is 5.82 Å². The number of aryl methyl sites for hydroxylation is 1. The van der Waals surface area contributed by atoms with E-state index in [1.165, 1.54) is 0 Å². The zero-order valence-corrected chi connectivity index (χ0v) is 12.9. The first-order chi connectivity index (χ1) is 9.41. The largest absolute Gasteiger partial charge is 0.370 e. The summed E-state index contributed by atoms with van der Waals surface area (Å²) < 4.78 is 0. The van der Waals surface area contributed by atoms with Gasteiger partial charge in [0.2, 0.25) is 0 Å². The molecule has 0 saturated carbocycles. The van der Waals surface area contributed by atoms with Crippen molar-refractivity contribution < 1.29 is 0 Å². The Bertz CT molecular complexity index is 600. The van der Waals surface area contributed by atoms with Crippen molar-refractivity contribution in [1.82, 2.24) is 15.0 Å². The quantitative estimate of drug-likeness (QED) is 0.926. The van der Waals surface area contributed by atoms with E-state index >= 15 is 0 Å². The lowest BCUT2D eigenvalue weighted by atomic mass is 9.91. The first-order valence-corrected chi connectivity index (χ1v) is 6.96. The second-order valence-electron chi connectivity index (χ2n) is 5.93. The van der Waals surface area contributed by atoms with E-state index in [0.717, 1.165) is 35.0 Å². The molecule has 2 aromatic rings.